The van der Waals surface area contributed by atoms with E-state index < -0.39 is 30.0 Å². The number of imide groups is 1. The molecule has 0 heterocycles. The number of ether oxygens (including phenoxy) is 1. The smallest absolute Gasteiger partial charge is 0.414 e. The Bertz CT molecular complexity index is 829. The van der Waals surface area contributed by atoms with E-state index in [1.165, 1.54) is 18.2 Å². The van der Waals surface area contributed by atoms with Crippen molar-refractivity contribution in [1.29, 1.82) is 0 Å². The molecular formula is C20H19NO6. The van der Waals surface area contributed by atoms with Gasteiger partial charge in [0.15, 0.2) is 0 Å². The van der Waals surface area contributed by atoms with E-state index in [1.54, 1.807) is 49.4 Å². The van der Waals surface area contributed by atoms with Gasteiger partial charge in [-0.3, -0.25) is 10.1 Å². The third kappa shape index (κ3) is 6.00. The number of carboxylic acid groups (broad SMARTS) is 1. The molecule has 0 aliphatic rings. The largest absolute Gasteiger partial charge is 0.508 e. The molecule has 0 fully saturated rings. The summed E-state index contributed by atoms with van der Waals surface area (Å²) in [6, 6.07) is 14.1. The number of carbonyl (C=O) groups excluding carboxylic acids is 2. The minimum Gasteiger partial charge on any atom is -0.508 e. The Balaban J connectivity index is 2.15. The third-order valence-electron chi connectivity index (χ3n) is 3.73. The molecule has 3 N–H and O–H groups in total. The van der Waals surface area contributed by atoms with E-state index in [2.05, 4.69) is 5.32 Å². The summed E-state index contributed by atoms with van der Waals surface area (Å²) in [7, 11) is 0. The van der Waals surface area contributed by atoms with E-state index in [4.69, 9.17) is 9.84 Å². The van der Waals surface area contributed by atoms with Gasteiger partial charge in [0.25, 0.3) is 5.91 Å². The number of amides is 2. The van der Waals surface area contributed by atoms with Crippen LogP contribution in [-0.4, -0.2) is 28.2 Å². The number of aliphatic carboxylic acids is 1. The molecule has 0 aliphatic carbocycles. The van der Waals surface area contributed by atoms with Gasteiger partial charge in [-0.2, -0.15) is 0 Å². The lowest BCUT2D eigenvalue weighted by molar-refractivity contribution is -0.131. The second-order valence-corrected chi connectivity index (χ2v) is 5.79. The average Bonchev–Trinajstić information content (AvgIpc) is 2.65. The molecule has 0 spiro atoms. The molecule has 2 aromatic carbocycles. The van der Waals surface area contributed by atoms with Crippen molar-refractivity contribution < 1.29 is 29.3 Å². The minimum absolute atomic E-state index is 0.0370. The van der Waals surface area contributed by atoms with Gasteiger partial charge in [0, 0.05) is 17.6 Å². The lowest BCUT2D eigenvalue weighted by atomic mass is 9.96. The van der Waals surface area contributed by atoms with Gasteiger partial charge in [-0.05, 0) is 29.8 Å². The molecule has 2 rings (SSSR count). The molecule has 0 saturated carbocycles. The van der Waals surface area contributed by atoms with Crippen LogP contribution in [0.15, 0.2) is 66.7 Å². The topological polar surface area (TPSA) is 113 Å². The number of aromatic hydroxyl groups is 1. The van der Waals surface area contributed by atoms with E-state index in [-0.39, 0.29) is 5.75 Å². The number of hydrogen-bond donors (Lipinski definition) is 3. The highest BCUT2D eigenvalue weighted by Gasteiger charge is 2.23. The Kier molecular flexibility index (Phi) is 6.71. The molecule has 2 amide bonds. The number of nitrogens with one attached hydrogen (secondary N) is 1. The van der Waals surface area contributed by atoms with Crippen LogP contribution < -0.4 is 5.32 Å². The molecule has 0 radical (unpaired) electrons. The van der Waals surface area contributed by atoms with Crippen molar-refractivity contribution in [3.8, 4) is 5.75 Å². The Hall–Kier alpha value is -3.61. The Morgan fingerprint density at radius 1 is 1.04 bits per heavy atom. The van der Waals surface area contributed by atoms with Gasteiger partial charge < -0.3 is 14.9 Å². The molecule has 0 aromatic heterocycles. The van der Waals surface area contributed by atoms with Crippen LogP contribution in [0.1, 0.15) is 28.9 Å². The minimum atomic E-state index is -1.13. The van der Waals surface area contributed by atoms with Gasteiger partial charge in [0.05, 0.1) is 0 Å². The molecule has 27 heavy (non-hydrogen) atoms. The fourth-order valence-corrected chi connectivity index (χ4v) is 2.38. The van der Waals surface area contributed by atoms with Gasteiger partial charge in [0.1, 0.15) is 11.9 Å². The summed E-state index contributed by atoms with van der Waals surface area (Å²) in [6.45, 7) is 1.67. The molecule has 140 valence electrons. The van der Waals surface area contributed by atoms with Crippen LogP contribution in [0.4, 0.5) is 4.79 Å². The molecule has 2 atom stereocenters. The second-order valence-electron chi connectivity index (χ2n) is 5.79. The number of rotatable bonds is 6. The molecule has 2 aromatic rings. The summed E-state index contributed by atoms with van der Waals surface area (Å²) in [5.41, 5.74) is 0.840. The Morgan fingerprint density at radius 2 is 1.67 bits per heavy atom. The number of phenolic OH excluding ortho intramolecular Hbond substituents is 1. The highest BCUT2D eigenvalue weighted by molar-refractivity contribution is 6.02. The van der Waals surface area contributed by atoms with E-state index >= 15 is 0 Å². The Morgan fingerprint density at radius 3 is 2.26 bits per heavy atom. The van der Waals surface area contributed by atoms with E-state index in [0.717, 1.165) is 6.08 Å². The monoisotopic (exact) mass is 369 g/mol. The number of carbonyl (C=O) groups is 3. The first-order chi connectivity index (χ1) is 12.9. The maximum absolute atomic E-state index is 12.2. The molecular weight excluding hydrogens is 350 g/mol. The zero-order chi connectivity index (χ0) is 19.8. The predicted octanol–water partition coefficient (Wildman–Crippen LogP) is 3.28. The van der Waals surface area contributed by atoms with Gasteiger partial charge >= 0.3 is 12.1 Å². The standard InChI is InChI=1S/C20H19NO6/c1-13(7-12-17(23)24)18(14-8-10-16(22)11-9-14)27-20(26)21-19(25)15-5-3-2-4-6-15/h2-13,18,22H,1H3,(H,23,24)(H,21,25,26)/b12-7+/t13-,18+/m1/s1. The van der Waals surface area contributed by atoms with Crippen LogP contribution in [0.3, 0.4) is 0 Å². The highest BCUT2D eigenvalue weighted by Crippen LogP contribution is 2.28. The lowest BCUT2D eigenvalue weighted by Crippen LogP contribution is -2.33. The summed E-state index contributed by atoms with van der Waals surface area (Å²) in [5, 5.41) is 20.4. The van der Waals surface area contributed by atoms with Crippen LogP contribution in [-0.2, 0) is 9.53 Å². The van der Waals surface area contributed by atoms with E-state index in [0.29, 0.717) is 11.1 Å². The van der Waals surface area contributed by atoms with Gasteiger partial charge in [-0.15, -0.1) is 0 Å². The maximum Gasteiger partial charge on any atom is 0.414 e. The predicted molar refractivity (Wildman–Crippen MR) is 97.2 cm³/mol. The number of benzene rings is 2. The van der Waals surface area contributed by atoms with Crippen molar-refractivity contribution in [2.75, 3.05) is 0 Å². The molecule has 0 aliphatic heterocycles. The van der Waals surface area contributed by atoms with Crippen LogP contribution in [0.25, 0.3) is 0 Å². The number of hydrogen-bond acceptors (Lipinski definition) is 5. The summed E-state index contributed by atoms with van der Waals surface area (Å²) in [5.74, 6) is -2.20. The van der Waals surface area contributed by atoms with Crippen molar-refractivity contribution in [2.45, 2.75) is 13.0 Å². The zero-order valence-electron chi connectivity index (χ0n) is 14.5. The first-order valence-electron chi connectivity index (χ1n) is 8.14. The van der Waals surface area contributed by atoms with Crippen molar-refractivity contribution in [3.05, 3.63) is 77.9 Å². The van der Waals surface area contributed by atoms with Crippen molar-refractivity contribution in [1.82, 2.24) is 5.32 Å². The fourth-order valence-electron chi connectivity index (χ4n) is 2.38. The third-order valence-corrected chi connectivity index (χ3v) is 3.73. The molecule has 7 nitrogen and oxygen atoms in total. The first-order valence-corrected chi connectivity index (χ1v) is 8.14. The number of phenols is 1. The summed E-state index contributed by atoms with van der Waals surface area (Å²) < 4.78 is 5.37. The summed E-state index contributed by atoms with van der Waals surface area (Å²) >= 11 is 0. The van der Waals surface area contributed by atoms with Crippen LogP contribution in [0, 0.1) is 5.92 Å². The summed E-state index contributed by atoms with van der Waals surface area (Å²) in [6.07, 6.45) is 0.517. The van der Waals surface area contributed by atoms with Crippen LogP contribution in [0.2, 0.25) is 0 Å². The van der Waals surface area contributed by atoms with Gasteiger partial charge in [-0.1, -0.05) is 43.3 Å². The summed E-state index contributed by atoms with van der Waals surface area (Å²) in [4.78, 5) is 35.0. The van der Waals surface area contributed by atoms with Crippen LogP contribution in [0.5, 0.6) is 5.75 Å². The SMILES string of the molecule is C[C@H](/C=C/C(=O)O)[C@H](OC(=O)NC(=O)c1ccccc1)c1ccc(O)cc1. The van der Waals surface area contributed by atoms with Crippen molar-refractivity contribution in [2.24, 2.45) is 5.92 Å². The number of alkyl carbamates (subject to hydrolysis) is 1. The first kappa shape index (κ1) is 19.7. The van der Waals surface area contributed by atoms with Gasteiger partial charge in [-0.25, -0.2) is 9.59 Å². The molecule has 7 heteroatoms. The molecule has 0 unspecified atom stereocenters. The maximum atomic E-state index is 12.2. The highest BCUT2D eigenvalue weighted by atomic mass is 16.6. The lowest BCUT2D eigenvalue weighted by Gasteiger charge is -2.22. The van der Waals surface area contributed by atoms with Crippen LogP contribution >= 0.6 is 0 Å². The fraction of sp³-hybridized carbons (Fsp3) is 0.150. The normalized spacial score (nSPS) is 12.9. The molecule has 0 bridgehead atoms. The quantitative estimate of drug-likeness (QED) is 0.674. The van der Waals surface area contributed by atoms with E-state index in [9.17, 15) is 19.5 Å². The van der Waals surface area contributed by atoms with Gasteiger partial charge in [0.2, 0.25) is 0 Å². The average molecular weight is 369 g/mol. The van der Waals surface area contributed by atoms with Crippen molar-refractivity contribution in [3.63, 3.8) is 0 Å². The Labute approximate surface area is 155 Å². The van der Waals surface area contributed by atoms with E-state index in [1.807, 2.05) is 0 Å². The second kappa shape index (κ2) is 9.19. The number of carboxylic acids is 1. The zero-order valence-corrected chi connectivity index (χ0v) is 14.5. The van der Waals surface area contributed by atoms with Crippen molar-refractivity contribution >= 4 is 18.0 Å². The molecule has 0 saturated heterocycles.